The molecule has 1 aliphatic rings. The van der Waals surface area contributed by atoms with Crippen molar-refractivity contribution in [1.82, 2.24) is 10.0 Å². The van der Waals surface area contributed by atoms with E-state index in [9.17, 15) is 8.42 Å². The first-order chi connectivity index (χ1) is 9.55. The maximum absolute atomic E-state index is 11.9. The quantitative estimate of drug-likeness (QED) is 0.645. The largest absolute Gasteiger partial charge is 0.469 e. The zero-order valence-corrected chi connectivity index (χ0v) is 12.8. The van der Waals surface area contributed by atoms with E-state index in [0.717, 1.165) is 25.1 Å². The van der Waals surface area contributed by atoms with E-state index < -0.39 is 10.0 Å². The molecule has 114 valence electrons. The number of hydrogen-bond donors (Lipinski definition) is 2. The standard InChI is InChI=1S/C14H24N2O3S/c1-12(5-8-14-4-2-10-19-14)16-20(17,18)11-3-9-15-13-6-7-13/h2,4,10,12-13,15-16H,3,5-9,11H2,1H3. The van der Waals surface area contributed by atoms with Crippen LogP contribution in [-0.2, 0) is 16.4 Å². The molecule has 0 bridgehead atoms. The van der Waals surface area contributed by atoms with E-state index in [1.165, 1.54) is 12.8 Å². The predicted molar refractivity (Wildman–Crippen MR) is 79.1 cm³/mol. The molecular formula is C14H24N2O3S. The zero-order chi connectivity index (χ0) is 14.4. The number of furan rings is 1. The molecule has 1 fully saturated rings. The second kappa shape index (κ2) is 7.24. The molecule has 6 heteroatoms. The summed E-state index contributed by atoms with van der Waals surface area (Å²) in [4.78, 5) is 0. The highest BCUT2D eigenvalue weighted by Gasteiger charge is 2.20. The van der Waals surface area contributed by atoms with Gasteiger partial charge in [0.1, 0.15) is 5.76 Å². The molecule has 1 atom stereocenters. The van der Waals surface area contributed by atoms with Gasteiger partial charge >= 0.3 is 0 Å². The molecule has 20 heavy (non-hydrogen) atoms. The lowest BCUT2D eigenvalue weighted by molar-refractivity contribution is 0.479. The average Bonchev–Trinajstić information content (AvgIpc) is 3.05. The van der Waals surface area contributed by atoms with Crippen LogP contribution in [0.15, 0.2) is 22.8 Å². The number of hydrogen-bond acceptors (Lipinski definition) is 4. The molecule has 1 heterocycles. The number of aryl methyl sites for hydroxylation is 1. The highest BCUT2D eigenvalue weighted by Crippen LogP contribution is 2.18. The van der Waals surface area contributed by atoms with E-state index in [-0.39, 0.29) is 11.8 Å². The molecule has 0 spiro atoms. The minimum absolute atomic E-state index is 0.0681. The molecular weight excluding hydrogens is 276 g/mol. The Bertz CT molecular complexity index is 481. The monoisotopic (exact) mass is 300 g/mol. The summed E-state index contributed by atoms with van der Waals surface area (Å²) in [6, 6.07) is 4.32. The van der Waals surface area contributed by atoms with Crippen molar-refractivity contribution in [2.24, 2.45) is 0 Å². The summed E-state index contributed by atoms with van der Waals surface area (Å²) in [5, 5.41) is 3.32. The van der Waals surface area contributed by atoms with Gasteiger partial charge in [-0.05, 0) is 51.3 Å². The van der Waals surface area contributed by atoms with Crippen LogP contribution in [0.2, 0.25) is 0 Å². The molecule has 2 rings (SSSR count). The Labute approximate surface area is 121 Å². The molecule has 1 aliphatic carbocycles. The lowest BCUT2D eigenvalue weighted by Gasteiger charge is -2.13. The normalized spacial score (nSPS) is 17.2. The summed E-state index contributed by atoms with van der Waals surface area (Å²) in [7, 11) is -3.17. The second-order valence-electron chi connectivity index (χ2n) is 5.54. The maximum Gasteiger partial charge on any atom is 0.211 e. The van der Waals surface area contributed by atoms with Crippen molar-refractivity contribution >= 4 is 10.0 Å². The summed E-state index contributed by atoms with van der Waals surface area (Å²) in [6.07, 6.45) is 6.25. The summed E-state index contributed by atoms with van der Waals surface area (Å²) >= 11 is 0. The van der Waals surface area contributed by atoms with E-state index in [0.29, 0.717) is 12.5 Å². The van der Waals surface area contributed by atoms with Crippen LogP contribution < -0.4 is 10.0 Å². The van der Waals surface area contributed by atoms with Gasteiger partial charge in [0, 0.05) is 18.5 Å². The van der Waals surface area contributed by atoms with Crippen molar-refractivity contribution in [3.05, 3.63) is 24.2 Å². The molecule has 1 saturated carbocycles. The van der Waals surface area contributed by atoms with Crippen molar-refractivity contribution in [1.29, 1.82) is 0 Å². The molecule has 0 amide bonds. The molecule has 0 radical (unpaired) electrons. The minimum Gasteiger partial charge on any atom is -0.469 e. The van der Waals surface area contributed by atoms with E-state index in [2.05, 4.69) is 10.0 Å². The SMILES string of the molecule is CC(CCc1ccco1)NS(=O)(=O)CCCNC1CC1. The number of sulfonamides is 1. The Hall–Kier alpha value is -0.850. The van der Waals surface area contributed by atoms with Crippen molar-refractivity contribution in [2.75, 3.05) is 12.3 Å². The van der Waals surface area contributed by atoms with Gasteiger partial charge in [0.05, 0.1) is 12.0 Å². The fourth-order valence-corrected chi connectivity index (χ4v) is 3.47. The Morgan fingerprint density at radius 1 is 1.45 bits per heavy atom. The van der Waals surface area contributed by atoms with Gasteiger partial charge in [0.2, 0.25) is 10.0 Å². The first kappa shape index (κ1) is 15.5. The first-order valence-corrected chi connectivity index (χ1v) is 8.96. The second-order valence-corrected chi connectivity index (χ2v) is 7.41. The predicted octanol–water partition coefficient (Wildman–Crippen LogP) is 1.66. The van der Waals surface area contributed by atoms with Crippen LogP contribution in [0.5, 0.6) is 0 Å². The Kier molecular flexibility index (Phi) is 5.63. The molecule has 5 nitrogen and oxygen atoms in total. The summed E-state index contributed by atoms with van der Waals surface area (Å²) < 4.78 is 31.8. The highest BCUT2D eigenvalue weighted by molar-refractivity contribution is 7.89. The van der Waals surface area contributed by atoms with Gasteiger partial charge in [-0.1, -0.05) is 0 Å². The molecule has 0 saturated heterocycles. The van der Waals surface area contributed by atoms with Crippen LogP contribution in [-0.4, -0.2) is 32.8 Å². The van der Waals surface area contributed by atoms with Crippen molar-refractivity contribution in [3.63, 3.8) is 0 Å². The summed E-state index contributed by atoms with van der Waals surface area (Å²) in [5.74, 6) is 1.09. The van der Waals surface area contributed by atoms with Crippen molar-refractivity contribution in [3.8, 4) is 0 Å². The summed E-state index contributed by atoms with van der Waals surface area (Å²) in [5.41, 5.74) is 0. The fraction of sp³-hybridized carbons (Fsp3) is 0.714. The van der Waals surface area contributed by atoms with Gasteiger partial charge in [-0.25, -0.2) is 13.1 Å². The van der Waals surface area contributed by atoms with Gasteiger partial charge in [-0.2, -0.15) is 0 Å². The molecule has 2 N–H and O–H groups in total. The lowest BCUT2D eigenvalue weighted by atomic mass is 10.2. The highest BCUT2D eigenvalue weighted by atomic mass is 32.2. The third-order valence-corrected chi connectivity index (χ3v) is 4.97. The molecule has 0 aromatic carbocycles. The van der Waals surface area contributed by atoms with Crippen molar-refractivity contribution in [2.45, 2.75) is 51.1 Å². The van der Waals surface area contributed by atoms with Crippen molar-refractivity contribution < 1.29 is 12.8 Å². The fourth-order valence-electron chi connectivity index (χ4n) is 2.09. The molecule has 1 aromatic rings. The van der Waals surface area contributed by atoms with Crippen LogP contribution in [0.1, 0.15) is 38.4 Å². The molecule has 1 unspecified atom stereocenters. The average molecular weight is 300 g/mol. The Balaban J connectivity index is 1.61. The molecule has 1 aromatic heterocycles. The maximum atomic E-state index is 11.9. The van der Waals surface area contributed by atoms with Crippen LogP contribution in [0.4, 0.5) is 0 Å². The molecule has 0 aliphatic heterocycles. The lowest BCUT2D eigenvalue weighted by Crippen LogP contribution is -2.35. The first-order valence-electron chi connectivity index (χ1n) is 7.31. The minimum atomic E-state index is -3.17. The van der Waals surface area contributed by atoms with E-state index in [1.807, 2.05) is 19.1 Å². The zero-order valence-electron chi connectivity index (χ0n) is 12.0. The van der Waals surface area contributed by atoms with Gasteiger partial charge in [-0.3, -0.25) is 0 Å². The third kappa shape index (κ3) is 6.07. The van der Waals surface area contributed by atoms with Crippen LogP contribution in [0.25, 0.3) is 0 Å². The van der Waals surface area contributed by atoms with Gasteiger partial charge in [0.25, 0.3) is 0 Å². The number of nitrogens with one attached hydrogen (secondary N) is 2. The van der Waals surface area contributed by atoms with E-state index >= 15 is 0 Å². The number of rotatable bonds is 10. The Morgan fingerprint density at radius 2 is 2.25 bits per heavy atom. The van der Waals surface area contributed by atoms with E-state index in [4.69, 9.17) is 4.42 Å². The van der Waals surface area contributed by atoms with Gasteiger partial charge in [0.15, 0.2) is 0 Å². The van der Waals surface area contributed by atoms with Crippen LogP contribution >= 0.6 is 0 Å². The smallest absolute Gasteiger partial charge is 0.211 e. The van der Waals surface area contributed by atoms with Crippen LogP contribution in [0, 0.1) is 0 Å². The van der Waals surface area contributed by atoms with Gasteiger partial charge < -0.3 is 9.73 Å². The summed E-state index contributed by atoms with van der Waals surface area (Å²) in [6.45, 7) is 2.68. The Morgan fingerprint density at radius 3 is 2.90 bits per heavy atom. The topological polar surface area (TPSA) is 71.3 Å². The third-order valence-electron chi connectivity index (χ3n) is 3.38. The van der Waals surface area contributed by atoms with Gasteiger partial charge in [-0.15, -0.1) is 0 Å². The van der Waals surface area contributed by atoms with E-state index in [1.54, 1.807) is 6.26 Å². The van der Waals surface area contributed by atoms with Crippen LogP contribution in [0.3, 0.4) is 0 Å².